The molecular weight excluding hydrogens is 840 g/mol. The molecule has 0 bridgehead atoms. The lowest BCUT2D eigenvalue weighted by Crippen LogP contribution is -2.64. The van der Waals surface area contributed by atoms with Crippen LogP contribution >= 0.6 is 7.82 Å². The number of unbranched alkanes of at least 4 members (excludes halogenated alkanes) is 24. The number of hydrogen-bond acceptors (Lipinski definition) is 12. The van der Waals surface area contributed by atoms with Crippen LogP contribution in [0.3, 0.4) is 0 Å². The van der Waals surface area contributed by atoms with Crippen molar-refractivity contribution in [3.05, 3.63) is 36.5 Å². The second-order valence-corrected chi connectivity index (χ2v) is 19.1. The molecule has 0 aromatic carbocycles. The van der Waals surface area contributed by atoms with Gasteiger partial charge in [0.25, 0.3) is 0 Å². The van der Waals surface area contributed by atoms with Crippen LogP contribution in [0, 0.1) is 0 Å². The SMILES string of the molecule is CCCCC/C=C/C/C=C/C/C=C/CCCCCCC(=O)O[C@@H](COC(=O)CCCCCCCCCCCCCCCCCCCC)COP(=O)(O)OC1C(O)C(O)C(O)[C@H](O)C1O. The highest BCUT2D eigenvalue weighted by atomic mass is 31.2. The Balaban J connectivity index is 2.42. The minimum Gasteiger partial charge on any atom is -0.462 e. The van der Waals surface area contributed by atoms with Crippen LogP contribution in [0.4, 0.5) is 0 Å². The van der Waals surface area contributed by atoms with Crippen LogP contribution in [0.25, 0.3) is 0 Å². The molecule has 1 aliphatic carbocycles. The van der Waals surface area contributed by atoms with Crippen LogP contribution < -0.4 is 0 Å². The minimum absolute atomic E-state index is 0.0727. The lowest BCUT2D eigenvalue weighted by atomic mass is 9.85. The summed E-state index contributed by atoms with van der Waals surface area (Å²) in [5, 5.41) is 50.2. The summed E-state index contributed by atoms with van der Waals surface area (Å²) in [4.78, 5) is 35.8. The highest BCUT2D eigenvalue weighted by molar-refractivity contribution is 7.47. The minimum atomic E-state index is -5.13. The molecule has 0 spiro atoms. The number of esters is 2. The van der Waals surface area contributed by atoms with Gasteiger partial charge >= 0.3 is 19.8 Å². The Morgan fingerprint density at radius 3 is 1.31 bits per heavy atom. The molecule has 1 saturated carbocycles. The Kier molecular flexibility index (Phi) is 37.7. The van der Waals surface area contributed by atoms with Gasteiger partial charge in [0, 0.05) is 12.8 Å². The van der Waals surface area contributed by atoms with E-state index >= 15 is 0 Å². The van der Waals surface area contributed by atoms with Crippen molar-refractivity contribution in [2.75, 3.05) is 13.2 Å². The van der Waals surface area contributed by atoms with Gasteiger partial charge in [-0.15, -0.1) is 0 Å². The lowest BCUT2D eigenvalue weighted by Gasteiger charge is -2.41. The summed E-state index contributed by atoms with van der Waals surface area (Å²) in [7, 11) is -5.13. The number of phosphoric ester groups is 1. The number of phosphoric acid groups is 1. The van der Waals surface area contributed by atoms with Crippen LogP contribution in [0.2, 0.25) is 0 Å². The third-order valence-corrected chi connectivity index (χ3v) is 12.7. The third-order valence-electron chi connectivity index (χ3n) is 11.7. The monoisotopic (exact) mass is 931 g/mol. The zero-order valence-electron chi connectivity index (χ0n) is 39.8. The van der Waals surface area contributed by atoms with Gasteiger partial charge in [0.05, 0.1) is 6.61 Å². The third kappa shape index (κ3) is 31.9. The van der Waals surface area contributed by atoms with E-state index in [1.165, 1.54) is 109 Å². The molecule has 0 aromatic rings. The summed E-state index contributed by atoms with van der Waals surface area (Å²) >= 11 is 0. The molecule has 0 aliphatic heterocycles. The number of ether oxygens (including phenoxy) is 2. The number of carbonyl (C=O) groups excluding carboxylic acids is 2. The van der Waals surface area contributed by atoms with Crippen molar-refractivity contribution in [3.63, 3.8) is 0 Å². The largest absolute Gasteiger partial charge is 0.472 e. The predicted molar refractivity (Wildman–Crippen MR) is 253 cm³/mol. The number of carbonyl (C=O) groups is 2. The molecule has 64 heavy (non-hydrogen) atoms. The van der Waals surface area contributed by atoms with Gasteiger partial charge in [-0.2, -0.15) is 0 Å². The Labute approximate surface area is 387 Å². The molecule has 0 amide bonds. The first-order chi connectivity index (χ1) is 30.9. The average molecular weight is 931 g/mol. The van der Waals surface area contributed by atoms with Crippen molar-refractivity contribution in [1.82, 2.24) is 0 Å². The number of rotatable bonds is 42. The van der Waals surface area contributed by atoms with Crippen LogP contribution in [-0.4, -0.2) is 98.3 Å². The van der Waals surface area contributed by atoms with E-state index in [9.17, 15) is 44.6 Å². The van der Waals surface area contributed by atoms with Gasteiger partial charge in [-0.3, -0.25) is 18.6 Å². The van der Waals surface area contributed by atoms with E-state index in [1.807, 2.05) is 0 Å². The first-order valence-corrected chi connectivity index (χ1v) is 26.8. The Bertz CT molecular complexity index is 1260. The van der Waals surface area contributed by atoms with Crippen LogP contribution in [-0.2, 0) is 32.7 Å². The summed E-state index contributed by atoms with van der Waals surface area (Å²) < 4.78 is 33.6. The van der Waals surface area contributed by atoms with Gasteiger partial charge in [-0.05, 0) is 51.4 Å². The zero-order valence-corrected chi connectivity index (χ0v) is 40.7. The van der Waals surface area contributed by atoms with E-state index in [1.54, 1.807) is 0 Å². The predicted octanol–water partition coefficient (Wildman–Crippen LogP) is 10.6. The molecule has 1 aliphatic rings. The molecule has 6 unspecified atom stereocenters. The highest BCUT2D eigenvalue weighted by Crippen LogP contribution is 2.47. The van der Waals surface area contributed by atoms with Crippen molar-refractivity contribution in [2.45, 2.75) is 256 Å². The molecule has 6 N–H and O–H groups in total. The van der Waals surface area contributed by atoms with E-state index < -0.39 is 75.7 Å². The van der Waals surface area contributed by atoms with Crippen molar-refractivity contribution in [3.8, 4) is 0 Å². The molecule has 8 atom stereocenters. The lowest BCUT2D eigenvalue weighted by molar-refractivity contribution is -0.220. The highest BCUT2D eigenvalue weighted by Gasteiger charge is 2.51. The summed E-state index contributed by atoms with van der Waals surface area (Å²) in [5.74, 6) is -1.12. The fourth-order valence-corrected chi connectivity index (χ4v) is 8.62. The van der Waals surface area contributed by atoms with Gasteiger partial charge in [0.15, 0.2) is 6.10 Å². The van der Waals surface area contributed by atoms with Crippen molar-refractivity contribution in [1.29, 1.82) is 0 Å². The summed E-state index contributed by atoms with van der Waals surface area (Å²) in [5.41, 5.74) is 0. The molecular formula is C50H91O13P. The summed E-state index contributed by atoms with van der Waals surface area (Å²) in [6.07, 6.45) is 33.3. The number of aliphatic hydroxyl groups excluding tert-OH is 5. The van der Waals surface area contributed by atoms with Gasteiger partial charge in [0.2, 0.25) is 0 Å². The maximum atomic E-state index is 12.8. The number of aliphatic hydroxyl groups is 5. The molecule has 0 radical (unpaired) electrons. The first kappa shape index (κ1) is 60.1. The number of hydrogen-bond donors (Lipinski definition) is 6. The van der Waals surface area contributed by atoms with Gasteiger partial charge < -0.3 is 39.9 Å². The Morgan fingerprint density at radius 2 is 0.844 bits per heavy atom. The van der Waals surface area contributed by atoms with E-state index in [2.05, 4.69) is 50.3 Å². The molecule has 0 saturated heterocycles. The van der Waals surface area contributed by atoms with Crippen LogP contribution in [0.1, 0.15) is 213 Å². The normalized spacial score (nSPS) is 21.8. The standard InChI is InChI=1S/C50H91O13P/c1-3-5-7-9-11-13-15-17-19-21-23-24-26-28-30-32-34-36-38-43(51)60-40-42(41-61-64(58,59)63-50-48(56)46(54)45(53)47(55)49(50)57)62-44(52)39-37-35-33-31-29-27-25-22-20-18-16-14-12-10-8-6-4-2/h12,14,18,20,25,27,42,45-50,53-57H,3-11,13,15-17,19,21-24,26,28-41H2,1-2H3,(H,58,59)/b14-12+,20-18+,27-25+/t42-,45?,46-,47?,48?,49?,50?/m0/s1. The van der Waals surface area contributed by atoms with E-state index in [-0.39, 0.29) is 12.8 Å². The van der Waals surface area contributed by atoms with Crippen LogP contribution in [0.5, 0.6) is 0 Å². The maximum Gasteiger partial charge on any atom is 0.472 e. The van der Waals surface area contributed by atoms with Gasteiger partial charge in [-0.25, -0.2) is 4.57 Å². The van der Waals surface area contributed by atoms with Gasteiger partial charge in [0.1, 0.15) is 43.2 Å². The number of allylic oxidation sites excluding steroid dienone is 6. The molecule has 0 heterocycles. The molecule has 14 heteroatoms. The van der Waals surface area contributed by atoms with E-state index in [0.29, 0.717) is 12.8 Å². The summed E-state index contributed by atoms with van der Waals surface area (Å²) in [6, 6.07) is 0. The quantitative estimate of drug-likeness (QED) is 0.0146. The summed E-state index contributed by atoms with van der Waals surface area (Å²) in [6.45, 7) is 3.28. The van der Waals surface area contributed by atoms with Crippen LogP contribution in [0.15, 0.2) is 36.5 Å². The molecule has 0 aromatic heterocycles. The van der Waals surface area contributed by atoms with Crippen molar-refractivity contribution >= 4 is 19.8 Å². The average Bonchev–Trinajstić information content (AvgIpc) is 3.28. The zero-order chi connectivity index (χ0) is 47.1. The molecule has 13 nitrogen and oxygen atoms in total. The van der Waals surface area contributed by atoms with Crippen molar-refractivity contribution in [2.24, 2.45) is 0 Å². The second kappa shape index (κ2) is 40.2. The first-order valence-electron chi connectivity index (χ1n) is 25.3. The second-order valence-electron chi connectivity index (χ2n) is 17.7. The molecule has 1 rings (SSSR count). The molecule has 374 valence electrons. The fraction of sp³-hybridized carbons (Fsp3) is 0.840. The van der Waals surface area contributed by atoms with Crippen molar-refractivity contribution < 1.29 is 63.1 Å². The topological polar surface area (TPSA) is 210 Å². The Hall–Kier alpha value is -1.93. The maximum absolute atomic E-state index is 12.8. The van der Waals surface area contributed by atoms with E-state index in [4.69, 9.17) is 18.5 Å². The fourth-order valence-electron chi connectivity index (χ4n) is 7.65. The van der Waals surface area contributed by atoms with E-state index in [0.717, 1.165) is 64.2 Å². The Morgan fingerprint density at radius 1 is 0.484 bits per heavy atom. The smallest absolute Gasteiger partial charge is 0.462 e. The molecule has 1 fully saturated rings. The van der Waals surface area contributed by atoms with Gasteiger partial charge in [-0.1, -0.05) is 185 Å².